The normalized spacial score (nSPS) is 15.6. The third kappa shape index (κ3) is 2.86. The van der Waals surface area contributed by atoms with E-state index in [0.717, 1.165) is 12.2 Å². The SMILES string of the molecule is CCC(C)(CO)NCc1ccco1. The molecule has 2 N–H and O–H groups in total. The van der Waals surface area contributed by atoms with E-state index in [1.807, 2.05) is 26.0 Å². The second-order valence-electron chi connectivity index (χ2n) is 3.51. The van der Waals surface area contributed by atoms with Crippen molar-refractivity contribution in [3.05, 3.63) is 24.2 Å². The summed E-state index contributed by atoms with van der Waals surface area (Å²) in [6.07, 6.45) is 2.55. The Morgan fingerprint density at radius 2 is 2.38 bits per heavy atom. The van der Waals surface area contributed by atoms with Crippen molar-refractivity contribution < 1.29 is 9.52 Å². The molecule has 0 saturated carbocycles. The van der Waals surface area contributed by atoms with Crippen LogP contribution < -0.4 is 5.32 Å². The summed E-state index contributed by atoms with van der Waals surface area (Å²) in [4.78, 5) is 0. The molecule has 0 aliphatic heterocycles. The van der Waals surface area contributed by atoms with Crippen LogP contribution in [-0.4, -0.2) is 17.3 Å². The van der Waals surface area contributed by atoms with Gasteiger partial charge in [0.1, 0.15) is 5.76 Å². The Bertz CT molecular complexity index is 227. The van der Waals surface area contributed by atoms with Gasteiger partial charge in [-0.2, -0.15) is 0 Å². The summed E-state index contributed by atoms with van der Waals surface area (Å²) in [5.41, 5.74) is -0.202. The molecular weight excluding hydrogens is 166 g/mol. The Hall–Kier alpha value is -0.800. The van der Waals surface area contributed by atoms with Crippen molar-refractivity contribution in [2.24, 2.45) is 0 Å². The molecule has 1 unspecified atom stereocenters. The van der Waals surface area contributed by atoms with Gasteiger partial charge >= 0.3 is 0 Å². The number of hydrogen-bond acceptors (Lipinski definition) is 3. The molecule has 3 heteroatoms. The van der Waals surface area contributed by atoms with Gasteiger partial charge in [0, 0.05) is 5.54 Å². The standard InChI is InChI=1S/C10H17NO2/c1-3-10(2,8-12)11-7-9-5-4-6-13-9/h4-6,11-12H,3,7-8H2,1-2H3. The lowest BCUT2D eigenvalue weighted by molar-refractivity contribution is 0.166. The average molecular weight is 183 g/mol. The van der Waals surface area contributed by atoms with Gasteiger partial charge < -0.3 is 14.8 Å². The fourth-order valence-corrected chi connectivity index (χ4v) is 1.01. The van der Waals surface area contributed by atoms with Crippen molar-refractivity contribution >= 4 is 0 Å². The molecule has 1 aromatic rings. The van der Waals surface area contributed by atoms with Gasteiger partial charge in [0.05, 0.1) is 19.4 Å². The summed E-state index contributed by atoms with van der Waals surface area (Å²) in [5, 5.41) is 12.4. The molecular formula is C10H17NO2. The van der Waals surface area contributed by atoms with Crippen LogP contribution in [0.25, 0.3) is 0 Å². The number of rotatable bonds is 5. The molecule has 0 aromatic carbocycles. The monoisotopic (exact) mass is 183 g/mol. The third-order valence-corrected chi connectivity index (χ3v) is 2.40. The molecule has 1 heterocycles. The van der Waals surface area contributed by atoms with Crippen molar-refractivity contribution in [2.75, 3.05) is 6.61 Å². The first kappa shape index (κ1) is 10.3. The maximum atomic E-state index is 9.12. The number of nitrogens with one attached hydrogen (secondary N) is 1. The second kappa shape index (κ2) is 4.44. The summed E-state index contributed by atoms with van der Waals surface area (Å²) < 4.78 is 5.17. The molecule has 1 rings (SSSR count). The molecule has 0 spiro atoms. The highest BCUT2D eigenvalue weighted by Crippen LogP contribution is 2.09. The fraction of sp³-hybridized carbons (Fsp3) is 0.600. The zero-order valence-corrected chi connectivity index (χ0v) is 8.21. The van der Waals surface area contributed by atoms with Crippen molar-refractivity contribution in [1.29, 1.82) is 0 Å². The van der Waals surface area contributed by atoms with Crippen LogP contribution in [0.4, 0.5) is 0 Å². The molecule has 0 aliphatic carbocycles. The van der Waals surface area contributed by atoms with Crippen LogP contribution in [0.3, 0.4) is 0 Å². The van der Waals surface area contributed by atoms with Crippen LogP contribution in [0.2, 0.25) is 0 Å². The number of hydrogen-bond donors (Lipinski definition) is 2. The lowest BCUT2D eigenvalue weighted by Gasteiger charge is -2.26. The molecule has 1 atom stereocenters. The summed E-state index contributed by atoms with van der Waals surface area (Å²) in [5.74, 6) is 0.896. The topological polar surface area (TPSA) is 45.4 Å². The highest BCUT2D eigenvalue weighted by molar-refractivity contribution is 4.98. The minimum atomic E-state index is -0.202. The van der Waals surface area contributed by atoms with E-state index in [1.165, 1.54) is 0 Å². The zero-order chi connectivity index (χ0) is 9.73. The molecule has 0 bridgehead atoms. The Labute approximate surface area is 78.8 Å². The van der Waals surface area contributed by atoms with E-state index in [-0.39, 0.29) is 12.1 Å². The lowest BCUT2D eigenvalue weighted by Crippen LogP contribution is -2.44. The molecule has 74 valence electrons. The van der Waals surface area contributed by atoms with Crippen molar-refractivity contribution in [3.8, 4) is 0 Å². The van der Waals surface area contributed by atoms with Crippen LogP contribution in [0, 0.1) is 0 Å². The van der Waals surface area contributed by atoms with Gasteiger partial charge in [0.25, 0.3) is 0 Å². The van der Waals surface area contributed by atoms with E-state index < -0.39 is 0 Å². The Morgan fingerprint density at radius 1 is 1.62 bits per heavy atom. The van der Waals surface area contributed by atoms with E-state index in [2.05, 4.69) is 5.32 Å². The molecule has 0 amide bonds. The first-order valence-corrected chi connectivity index (χ1v) is 4.58. The van der Waals surface area contributed by atoms with Gasteiger partial charge in [-0.3, -0.25) is 0 Å². The summed E-state index contributed by atoms with van der Waals surface area (Å²) >= 11 is 0. The molecule has 0 aliphatic rings. The average Bonchev–Trinajstić information content (AvgIpc) is 2.67. The van der Waals surface area contributed by atoms with Gasteiger partial charge in [-0.05, 0) is 25.5 Å². The first-order chi connectivity index (χ1) is 6.20. The van der Waals surface area contributed by atoms with Crippen LogP contribution in [0.1, 0.15) is 26.0 Å². The largest absolute Gasteiger partial charge is 0.468 e. The molecule has 0 saturated heterocycles. The molecule has 0 fully saturated rings. The van der Waals surface area contributed by atoms with Crippen molar-refractivity contribution in [2.45, 2.75) is 32.4 Å². The highest BCUT2D eigenvalue weighted by atomic mass is 16.3. The molecule has 1 aromatic heterocycles. The Balaban J connectivity index is 2.41. The van der Waals surface area contributed by atoms with Crippen molar-refractivity contribution in [1.82, 2.24) is 5.32 Å². The fourth-order valence-electron chi connectivity index (χ4n) is 1.01. The molecule has 0 radical (unpaired) electrons. The van der Waals surface area contributed by atoms with E-state index in [0.29, 0.717) is 6.54 Å². The van der Waals surface area contributed by atoms with Gasteiger partial charge in [-0.1, -0.05) is 6.92 Å². The minimum Gasteiger partial charge on any atom is -0.468 e. The van der Waals surface area contributed by atoms with Crippen molar-refractivity contribution in [3.63, 3.8) is 0 Å². The minimum absolute atomic E-state index is 0.143. The third-order valence-electron chi connectivity index (χ3n) is 2.40. The highest BCUT2D eigenvalue weighted by Gasteiger charge is 2.19. The van der Waals surface area contributed by atoms with Crippen LogP contribution in [0.15, 0.2) is 22.8 Å². The second-order valence-corrected chi connectivity index (χ2v) is 3.51. The summed E-state index contributed by atoms with van der Waals surface area (Å²) in [6, 6.07) is 3.78. The Kier molecular flexibility index (Phi) is 3.51. The van der Waals surface area contributed by atoms with Crippen LogP contribution in [-0.2, 0) is 6.54 Å². The summed E-state index contributed by atoms with van der Waals surface area (Å²) in [7, 11) is 0. The zero-order valence-electron chi connectivity index (χ0n) is 8.21. The Morgan fingerprint density at radius 3 is 2.85 bits per heavy atom. The predicted octanol–water partition coefficient (Wildman–Crippen LogP) is 1.53. The van der Waals surface area contributed by atoms with Gasteiger partial charge in [-0.25, -0.2) is 0 Å². The van der Waals surface area contributed by atoms with E-state index in [1.54, 1.807) is 6.26 Å². The first-order valence-electron chi connectivity index (χ1n) is 4.58. The predicted molar refractivity (Wildman–Crippen MR) is 51.3 cm³/mol. The smallest absolute Gasteiger partial charge is 0.117 e. The van der Waals surface area contributed by atoms with Crippen LogP contribution in [0.5, 0.6) is 0 Å². The van der Waals surface area contributed by atoms with Crippen LogP contribution >= 0.6 is 0 Å². The maximum absolute atomic E-state index is 9.12. The van der Waals surface area contributed by atoms with Gasteiger partial charge in [0.2, 0.25) is 0 Å². The number of aliphatic hydroxyl groups excluding tert-OH is 1. The van der Waals surface area contributed by atoms with E-state index >= 15 is 0 Å². The van der Waals surface area contributed by atoms with E-state index in [4.69, 9.17) is 9.52 Å². The lowest BCUT2D eigenvalue weighted by atomic mass is 10.0. The van der Waals surface area contributed by atoms with Gasteiger partial charge in [0.15, 0.2) is 0 Å². The molecule has 3 nitrogen and oxygen atoms in total. The quantitative estimate of drug-likeness (QED) is 0.727. The molecule has 13 heavy (non-hydrogen) atoms. The number of aliphatic hydroxyl groups is 1. The maximum Gasteiger partial charge on any atom is 0.117 e. The van der Waals surface area contributed by atoms with E-state index in [9.17, 15) is 0 Å². The number of furan rings is 1. The van der Waals surface area contributed by atoms with Gasteiger partial charge in [-0.15, -0.1) is 0 Å². The summed E-state index contributed by atoms with van der Waals surface area (Å²) in [6.45, 7) is 4.85.